The van der Waals surface area contributed by atoms with Crippen LogP contribution in [0.4, 0.5) is 5.69 Å². The Hall–Kier alpha value is -1.66. The molecule has 1 N–H and O–H groups in total. The molecule has 1 aromatic rings. The number of anilines is 1. The van der Waals surface area contributed by atoms with E-state index in [1.807, 2.05) is 0 Å². The second kappa shape index (κ2) is 9.38. The van der Waals surface area contributed by atoms with Crippen molar-refractivity contribution < 1.29 is 19.1 Å². The number of carbonyl (C=O) groups is 2. The first kappa shape index (κ1) is 18.4. The van der Waals surface area contributed by atoms with Gasteiger partial charge in [0.05, 0.1) is 18.2 Å². The van der Waals surface area contributed by atoms with E-state index in [-0.39, 0.29) is 18.8 Å². The van der Waals surface area contributed by atoms with Crippen LogP contribution >= 0.6 is 23.4 Å². The Morgan fingerprint density at radius 2 is 1.59 bits per heavy atom. The fraction of sp³-hybridized carbons (Fsp3) is 0.333. The largest absolute Gasteiger partial charge is 0.462 e. The van der Waals surface area contributed by atoms with Gasteiger partial charge >= 0.3 is 11.9 Å². The molecule has 0 bridgehead atoms. The van der Waals surface area contributed by atoms with Gasteiger partial charge in [0, 0.05) is 10.7 Å². The number of hydrogen-bond acceptors (Lipinski definition) is 6. The molecule has 0 spiro atoms. The number of rotatable bonds is 7. The molecule has 7 heteroatoms. The minimum Gasteiger partial charge on any atom is -0.462 e. The first-order valence-electron chi connectivity index (χ1n) is 6.68. The third-order valence-electron chi connectivity index (χ3n) is 2.49. The zero-order valence-electron chi connectivity index (χ0n) is 12.6. The molecule has 0 fully saturated rings. The van der Waals surface area contributed by atoms with Gasteiger partial charge in [-0.2, -0.15) is 0 Å². The fourth-order valence-corrected chi connectivity index (χ4v) is 2.27. The van der Waals surface area contributed by atoms with Crippen LogP contribution in [0.15, 0.2) is 34.9 Å². The van der Waals surface area contributed by atoms with E-state index in [0.717, 1.165) is 0 Å². The molecule has 0 saturated carbocycles. The molecule has 0 aliphatic heterocycles. The Morgan fingerprint density at radius 1 is 1.09 bits per heavy atom. The number of halogens is 1. The van der Waals surface area contributed by atoms with Crippen molar-refractivity contribution in [2.45, 2.75) is 13.8 Å². The van der Waals surface area contributed by atoms with Gasteiger partial charge in [0.15, 0.2) is 5.57 Å². The maximum Gasteiger partial charge on any atom is 0.348 e. The van der Waals surface area contributed by atoms with Crippen molar-refractivity contribution in [3.8, 4) is 0 Å². The van der Waals surface area contributed by atoms with Crippen LogP contribution in [0.3, 0.4) is 0 Å². The first-order valence-corrected chi connectivity index (χ1v) is 8.28. The lowest BCUT2D eigenvalue weighted by atomic mass is 10.2. The fourth-order valence-electron chi connectivity index (χ4n) is 1.56. The summed E-state index contributed by atoms with van der Waals surface area (Å²) in [5.41, 5.74) is 0.547. The predicted octanol–water partition coefficient (Wildman–Crippen LogP) is 3.45. The van der Waals surface area contributed by atoms with Gasteiger partial charge in [0.25, 0.3) is 0 Å². The number of carbonyl (C=O) groups excluding carboxylic acids is 2. The summed E-state index contributed by atoms with van der Waals surface area (Å²) < 4.78 is 9.88. The van der Waals surface area contributed by atoms with Crippen molar-refractivity contribution in [2.24, 2.45) is 0 Å². The molecular weight excluding hydrogens is 326 g/mol. The summed E-state index contributed by atoms with van der Waals surface area (Å²) in [5, 5.41) is 3.97. The highest BCUT2D eigenvalue weighted by Gasteiger charge is 2.26. The Bertz CT molecular complexity index is 537. The molecule has 0 unspecified atom stereocenters. The lowest BCUT2D eigenvalue weighted by Crippen LogP contribution is -2.22. The van der Waals surface area contributed by atoms with E-state index < -0.39 is 11.9 Å². The molecule has 1 rings (SSSR count). The lowest BCUT2D eigenvalue weighted by molar-refractivity contribution is -0.146. The van der Waals surface area contributed by atoms with Gasteiger partial charge in [-0.15, -0.1) is 11.8 Å². The van der Waals surface area contributed by atoms with Crippen LogP contribution in [0.25, 0.3) is 0 Å². The molecular formula is C15H18ClNO4S. The van der Waals surface area contributed by atoms with Crippen LogP contribution < -0.4 is 5.32 Å². The number of thioether (sulfide) groups is 1. The first-order chi connectivity index (χ1) is 10.5. The monoisotopic (exact) mass is 343 g/mol. The van der Waals surface area contributed by atoms with Crippen molar-refractivity contribution in [3.05, 3.63) is 39.9 Å². The van der Waals surface area contributed by atoms with Crippen molar-refractivity contribution in [2.75, 3.05) is 24.8 Å². The van der Waals surface area contributed by atoms with Crippen LogP contribution in [0.1, 0.15) is 13.8 Å². The van der Waals surface area contributed by atoms with E-state index in [1.54, 1.807) is 44.4 Å². The number of hydrogen-bond donors (Lipinski definition) is 1. The van der Waals surface area contributed by atoms with E-state index in [1.165, 1.54) is 11.8 Å². The van der Waals surface area contributed by atoms with Crippen molar-refractivity contribution in [1.82, 2.24) is 0 Å². The van der Waals surface area contributed by atoms with Crippen LogP contribution in [0, 0.1) is 0 Å². The molecule has 0 radical (unpaired) electrons. The summed E-state index contributed by atoms with van der Waals surface area (Å²) >= 11 is 7.05. The highest BCUT2D eigenvalue weighted by atomic mass is 35.5. The third kappa shape index (κ3) is 5.27. The maximum atomic E-state index is 12.0. The van der Waals surface area contributed by atoms with Gasteiger partial charge in [-0.05, 0) is 44.4 Å². The molecule has 120 valence electrons. The standard InChI is InChI=1S/C15H18ClNO4S/c1-4-20-14(18)12(15(19)21-5-2)13(22-3)17-11-8-6-10(16)7-9-11/h6-9,17H,4-5H2,1-3H3. The van der Waals surface area contributed by atoms with Crippen LogP contribution in [-0.4, -0.2) is 31.4 Å². The second-order valence-electron chi connectivity index (χ2n) is 3.98. The summed E-state index contributed by atoms with van der Waals surface area (Å²) in [5.74, 6) is -1.43. The summed E-state index contributed by atoms with van der Waals surface area (Å²) in [6.07, 6.45) is 1.75. The zero-order valence-corrected chi connectivity index (χ0v) is 14.2. The van der Waals surface area contributed by atoms with Crippen LogP contribution in [0.5, 0.6) is 0 Å². The van der Waals surface area contributed by atoms with E-state index in [2.05, 4.69) is 5.32 Å². The molecule has 0 heterocycles. The van der Waals surface area contributed by atoms with Gasteiger partial charge in [0.1, 0.15) is 0 Å². The Labute approximate surface area is 139 Å². The minimum absolute atomic E-state index is 0.147. The average molecular weight is 344 g/mol. The highest BCUT2D eigenvalue weighted by Crippen LogP contribution is 2.23. The molecule has 0 aliphatic rings. The Kier molecular flexibility index (Phi) is 7.84. The summed E-state index contributed by atoms with van der Waals surface area (Å²) in [6.45, 7) is 3.69. The Morgan fingerprint density at radius 3 is 2.00 bits per heavy atom. The molecule has 5 nitrogen and oxygen atoms in total. The van der Waals surface area contributed by atoms with Gasteiger partial charge in [0.2, 0.25) is 0 Å². The summed E-state index contributed by atoms with van der Waals surface area (Å²) in [4.78, 5) is 24.1. The minimum atomic E-state index is -0.716. The zero-order chi connectivity index (χ0) is 16.5. The smallest absolute Gasteiger partial charge is 0.348 e. The Balaban J connectivity index is 3.15. The topological polar surface area (TPSA) is 64.6 Å². The van der Waals surface area contributed by atoms with E-state index in [9.17, 15) is 9.59 Å². The molecule has 0 atom stereocenters. The molecule has 0 amide bonds. The van der Waals surface area contributed by atoms with Crippen molar-refractivity contribution in [1.29, 1.82) is 0 Å². The average Bonchev–Trinajstić information content (AvgIpc) is 2.49. The molecule has 22 heavy (non-hydrogen) atoms. The van der Waals surface area contributed by atoms with Crippen molar-refractivity contribution in [3.63, 3.8) is 0 Å². The highest BCUT2D eigenvalue weighted by molar-refractivity contribution is 8.02. The van der Waals surface area contributed by atoms with E-state index in [0.29, 0.717) is 15.7 Å². The quantitative estimate of drug-likeness (QED) is 0.354. The second-order valence-corrected chi connectivity index (χ2v) is 5.23. The normalized spacial score (nSPS) is 9.82. The van der Waals surface area contributed by atoms with Crippen LogP contribution in [0.2, 0.25) is 5.02 Å². The predicted molar refractivity (Wildman–Crippen MR) is 88.9 cm³/mol. The van der Waals surface area contributed by atoms with Gasteiger partial charge < -0.3 is 14.8 Å². The summed E-state index contributed by atoms with van der Waals surface area (Å²) in [6, 6.07) is 6.89. The lowest BCUT2D eigenvalue weighted by Gasteiger charge is -2.14. The van der Waals surface area contributed by atoms with Gasteiger partial charge in [-0.3, -0.25) is 0 Å². The van der Waals surface area contributed by atoms with E-state index in [4.69, 9.17) is 21.1 Å². The number of ether oxygens (including phenoxy) is 2. The van der Waals surface area contributed by atoms with Crippen molar-refractivity contribution >= 4 is 41.0 Å². The molecule has 0 aromatic heterocycles. The number of nitrogens with one attached hydrogen (secondary N) is 1. The number of benzene rings is 1. The summed E-state index contributed by atoms with van der Waals surface area (Å²) in [7, 11) is 0. The van der Waals surface area contributed by atoms with Gasteiger partial charge in [-0.25, -0.2) is 9.59 Å². The van der Waals surface area contributed by atoms with Gasteiger partial charge in [-0.1, -0.05) is 11.6 Å². The molecule has 0 aliphatic carbocycles. The molecule has 0 saturated heterocycles. The maximum absolute atomic E-state index is 12.0. The number of esters is 2. The molecule has 1 aromatic carbocycles. The SMILES string of the molecule is CCOC(=O)C(C(=O)OCC)=C(Nc1ccc(Cl)cc1)SC. The third-order valence-corrected chi connectivity index (χ3v) is 3.46. The van der Waals surface area contributed by atoms with Crippen LogP contribution in [-0.2, 0) is 19.1 Å². The van der Waals surface area contributed by atoms with E-state index >= 15 is 0 Å².